The van der Waals surface area contributed by atoms with Gasteiger partial charge in [-0.05, 0) is 116 Å². The largest absolute Gasteiger partial charge is 0.393 e. The van der Waals surface area contributed by atoms with Gasteiger partial charge in [-0.15, -0.1) is 0 Å². The average molecular weight is 475 g/mol. The van der Waals surface area contributed by atoms with Gasteiger partial charge in [-0.1, -0.05) is 34.6 Å². The normalized spacial score (nSPS) is 50.3. The molecule has 0 heterocycles. The first-order valence-corrected chi connectivity index (χ1v) is 14.3. The first kappa shape index (κ1) is 25.2. The topological polar surface area (TPSA) is 77.8 Å². The number of carbonyl (C=O) groups excluding carboxylic acids is 1. The Labute approximate surface area is 207 Å². The second-order valence-electron chi connectivity index (χ2n) is 14.9. The summed E-state index contributed by atoms with van der Waals surface area (Å²) in [6, 6.07) is 0. The van der Waals surface area contributed by atoms with E-state index in [1.807, 2.05) is 0 Å². The van der Waals surface area contributed by atoms with Crippen molar-refractivity contribution in [2.75, 3.05) is 6.61 Å². The van der Waals surface area contributed by atoms with Crippen LogP contribution in [0.2, 0.25) is 0 Å². The second-order valence-corrected chi connectivity index (χ2v) is 14.9. The van der Waals surface area contributed by atoms with Crippen molar-refractivity contribution in [2.24, 2.45) is 50.7 Å². The van der Waals surface area contributed by atoms with Crippen LogP contribution >= 0.6 is 0 Å². The summed E-state index contributed by atoms with van der Waals surface area (Å²) in [7, 11) is 0. The van der Waals surface area contributed by atoms with Crippen LogP contribution in [-0.4, -0.2) is 39.4 Å². The van der Waals surface area contributed by atoms with Gasteiger partial charge in [0.2, 0.25) is 0 Å². The van der Waals surface area contributed by atoms with Gasteiger partial charge in [-0.25, -0.2) is 0 Å². The van der Waals surface area contributed by atoms with Gasteiger partial charge >= 0.3 is 0 Å². The molecule has 3 N–H and O–H groups in total. The predicted molar refractivity (Wildman–Crippen MR) is 134 cm³/mol. The molecule has 0 aromatic rings. The minimum absolute atomic E-state index is 0.141. The van der Waals surface area contributed by atoms with Crippen molar-refractivity contribution in [2.45, 2.75) is 124 Å². The molecule has 0 aromatic carbocycles. The highest BCUT2D eigenvalue weighted by atomic mass is 16.4. The molecule has 5 aliphatic rings. The zero-order chi connectivity index (χ0) is 24.9. The Kier molecular flexibility index (Phi) is 5.59. The van der Waals surface area contributed by atoms with Gasteiger partial charge in [0, 0.05) is 11.8 Å². The van der Waals surface area contributed by atoms with Gasteiger partial charge in [0.1, 0.15) is 11.4 Å². The molecular formula is C30H50O4. The summed E-state index contributed by atoms with van der Waals surface area (Å²) in [4.78, 5) is 12.8. The third-order valence-corrected chi connectivity index (χ3v) is 13.5. The Bertz CT molecular complexity index is 849. The summed E-state index contributed by atoms with van der Waals surface area (Å²) in [6.45, 7) is 13.2. The smallest absolute Gasteiger partial charge is 0.138 e. The van der Waals surface area contributed by atoms with Crippen LogP contribution in [0.15, 0.2) is 0 Å². The molecule has 0 saturated heterocycles. The fourth-order valence-corrected chi connectivity index (χ4v) is 11.2. The van der Waals surface area contributed by atoms with E-state index in [2.05, 4.69) is 34.6 Å². The fraction of sp³-hybridized carbons (Fsp3) is 0.967. The number of rotatable bonds is 6. The number of Topliss-reactive ketones (excluding diaryl/α,β-unsaturated/α-hetero) is 1. The van der Waals surface area contributed by atoms with Gasteiger partial charge in [-0.2, -0.15) is 0 Å². The number of hydrogen-bond acceptors (Lipinski definition) is 4. The maximum absolute atomic E-state index is 12.8. The van der Waals surface area contributed by atoms with E-state index in [0.29, 0.717) is 51.6 Å². The summed E-state index contributed by atoms with van der Waals surface area (Å²) in [6.07, 6.45) is 11.6. The highest BCUT2D eigenvalue weighted by Gasteiger charge is 2.82. The molecule has 4 heteroatoms. The quantitative estimate of drug-likeness (QED) is 0.474. The molecule has 0 bridgehead atoms. The number of fused-ring (bicyclic) bond motifs is 2. The zero-order valence-electron chi connectivity index (χ0n) is 22.6. The monoisotopic (exact) mass is 474 g/mol. The van der Waals surface area contributed by atoms with E-state index in [0.717, 1.165) is 25.2 Å². The second kappa shape index (κ2) is 7.54. The SMILES string of the molecule is C[C@H](CC[C@H](O)[C@](C)(O)CO)[C@H]1CC[C@@]2(C)[C@@H]3CC[C@H]4C(C)(C)C(=O)CC[C@@]45C[C@@]35CC[C@]12C. The molecule has 2 spiro atoms. The Morgan fingerprint density at radius 3 is 2.26 bits per heavy atom. The lowest BCUT2D eigenvalue weighted by Crippen LogP contribution is -2.57. The first-order valence-electron chi connectivity index (χ1n) is 14.3. The third kappa shape index (κ3) is 2.97. The molecule has 0 aromatic heterocycles. The number of ketones is 1. The minimum Gasteiger partial charge on any atom is -0.393 e. The van der Waals surface area contributed by atoms with Crippen molar-refractivity contribution < 1.29 is 20.1 Å². The molecule has 0 amide bonds. The van der Waals surface area contributed by atoms with Gasteiger partial charge < -0.3 is 15.3 Å². The van der Waals surface area contributed by atoms with Crippen LogP contribution in [-0.2, 0) is 4.79 Å². The van der Waals surface area contributed by atoms with Crippen molar-refractivity contribution >= 4 is 5.78 Å². The Hall–Kier alpha value is -0.450. The Balaban J connectivity index is 1.35. The van der Waals surface area contributed by atoms with Crippen molar-refractivity contribution in [3.05, 3.63) is 0 Å². The number of aliphatic hydroxyl groups is 3. The van der Waals surface area contributed by atoms with Crippen LogP contribution in [0.3, 0.4) is 0 Å². The minimum atomic E-state index is -1.42. The lowest BCUT2D eigenvalue weighted by Gasteiger charge is -2.62. The molecular weight excluding hydrogens is 424 g/mol. The number of aliphatic hydroxyl groups excluding tert-OH is 2. The van der Waals surface area contributed by atoms with Crippen molar-refractivity contribution in [1.29, 1.82) is 0 Å². The summed E-state index contributed by atoms with van der Waals surface area (Å²) in [5, 5.41) is 30.1. The fourth-order valence-electron chi connectivity index (χ4n) is 11.2. The molecule has 5 saturated carbocycles. The van der Waals surface area contributed by atoms with Crippen LogP contribution < -0.4 is 0 Å². The Morgan fingerprint density at radius 2 is 1.59 bits per heavy atom. The van der Waals surface area contributed by atoms with E-state index in [9.17, 15) is 20.1 Å². The standard InChI is InChI=1S/C30H50O4/c1-19(7-10-24(33)28(6,34)18-31)20-11-13-27(5)22-9-8-21-25(2,3)23(32)12-14-29(21)17-30(22,29)16-15-26(20,27)4/h19-22,24,31,33-34H,7-18H2,1-6H3/t19-,20-,21+,22+,24+,26-,27+,28-,29-,30+/m1/s1. The highest BCUT2D eigenvalue weighted by Crippen LogP contribution is 2.88. The van der Waals surface area contributed by atoms with Crippen LogP contribution in [0.4, 0.5) is 0 Å². The predicted octanol–water partition coefficient (Wildman–Crippen LogP) is 5.52. The van der Waals surface area contributed by atoms with Crippen molar-refractivity contribution in [1.82, 2.24) is 0 Å². The molecule has 0 radical (unpaired) electrons. The van der Waals surface area contributed by atoms with E-state index in [-0.39, 0.29) is 5.41 Å². The molecule has 5 aliphatic carbocycles. The van der Waals surface area contributed by atoms with Crippen LogP contribution in [0.25, 0.3) is 0 Å². The van der Waals surface area contributed by atoms with E-state index >= 15 is 0 Å². The summed E-state index contributed by atoms with van der Waals surface area (Å²) >= 11 is 0. The van der Waals surface area contributed by atoms with Gasteiger partial charge in [-0.3, -0.25) is 4.79 Å². The lowest BCUT2D eigenvalue weighted by molar-refractivity contribution is -0.157. The van der Waals surface area contributed by atoms with Crippen molar-refractivity contribution in [3.8, 4) is 0 Å². The van der Waals surface area contributed by atoms with E-state index < -0.39 is 18.3 Å². The summed E-state index contributed by atoms with van der Waals surface area (Å²) in [5.41, 5.74) is 0.0390. The van der Waals surface area contributed by atoms with Crippen LogP contribution in [0, 0.1) is 50.7 Å². The lowest BCUT2D eigenvalue weighted by atomic mass is 9.42. The van der Waals surface area contributed by atoms with E-state index in [1.165, 1.54) is 51.9 Å². The van der Waals surface area contributed by atoms with E-state index in [4.69, 9.17) is 0 Å². The van der Waals surface area contributed by atoms with Gasteiger partial charge in [0.05, 0.1) is 12.7 Å². The van der Waals surface area contributed by atoms with E-state index in [1.54, 1.807) is 0 Å². The summed E-state index contributed by atoms with van der Waals surface area (Å²) in [5.74, 6) is 3.03. The third-order valence-electron chi connectivity index (χ3n) is 13.5. The van der Waals surface area contributed by atoms with Crippen LogP contribution in [0.1, 0.15) is 112 Å². The van der Waals surface area contributed by atoms with Gasteiger partial charge in [0.25, 0.3) is 0 Å². The molecule has 0 aliphatic heterocycles. The maximum atomic E-state index is 12.8. The number of hydrogen-bond donors (Lipinski definition) is 3. The zero-order valence-corrected chi connectivity index (χ0v) is 22.6. The molecule has 5 fully saturated rings. The maximum Gasteiger partial charge on any atom is 0.138 e. The van der Waals surface area contributed by atoms with Crippen molar-refractivity contribution in [3.63, 3.8) is 0 Å². The molecule has 5 rings (SSSR count). The van der Waals surface area contributed by atoms with Crippen LogP contribution in [0.5, 0.6) is 0 Å². The Morgan fingerprint density at radius 1 is 0.941 bits per heavy atom. The number of carbonyl (C=O) groups is 1. The average Bonchev–Trinajstić information content (AvgIpc) is 3.37. The molecule has 0 unspecified atom stereocenters. The molecule has 194 valence electrons. The first-order chi connectivity index (χ1) is 15.7. The molecule has 10 atom stereocenters. The van der Waals surface area contributed by atoms with Gasteiger partial charge in [0.15, 0.2) is 0 Å². The molecule has 34 heavy (non-hydrogen) atoms. The summed E-state index contributed by atoms with van der Waals surface area (Å²) < 4.78 is 0. The molecule has 4 nitrogen and oxygen atoms in total. The highest BCUT2D eigenvalue weighted by molar-refractivity contribution is 5.86.